The number of halogens is 1. The molecule has 4 heteroatoms. The van der Waals surface area contributed by atoms with Gasteiger partial charge in [0.1, 0.15) is 11.9 Å². The minimum atomic E-state index is -0.406. The number of nitrogens with zero attached hydrogens (tertiary/aromatic N) is 2. The van der Waals surface area contributed by atoms with Crippen molar-refractivity contribution in [2.75, 3.05) is 5.73 Å². The number of anilines is 1. The molecule has 2 N–H and O–H groups in total. The monoisotopic (exact) mass is 213 g/mol. The maximum Gasteiger partial charge on any atom is 0.131 e. The third-order valence-corrected chi connectivity index (χ3v) is 2.22. The van der Waals surface area contributed by atoms with Gasteiger partial charge in [0.2, 0.25) is 0 Å². The number of hydrogen-bond donors (Lipinski definition) is 1. The Balaban J connectivity index is 2.68. The van der Waals surface area contributed by atoms with E-state index in [2.05, 4.69) is 4.98 Å². The quantitative estimate of drug-likeness (QED) is 0.739. The highest BCUT2D eigenvalue weighted by atomic mass is 19.1. The predicted molar refractivity (Wildman–Crippen MR) is 58.8 cm³/mol. The van der Waals surface area contributed by atoms with Crippen LogP contribution in [0.4, 0.5) is 10.1 Å². The normalized spacial score (nSPS) is 9.75. The van der Waals surface area contributed by atoms with Gasteiger partial charge in [-0.25, -0.2) is 4.39 Å². The van der Waals surface area contributed by atoms with Crippen LogP contribution in [0.25, 0.3) is 11.1 Å². The summed E-state index contributed by atoms with van der Waals surface area (Å²) in [6.07, 6.45) is 2.91. The molecule has 1 aromatic carbocycles. The van der Waals surface area contributed by atoms with Crippen molar-refractivity contribution < 1.29 is 4.39 Å². The molecule has 0 saturated carbocycles. The van der Waals surface area contributed by atoms with Crippen molar-refractivity contribution in [3.05, 3.63) is 48.0 Å². The number of pyridine rings is 1. The van der Waals surface area contributed by atoms with Gasteiger partial charge in [-0.15, -0.1) is 0 Å². The van der Waals surface area contributed by atoms with Gasteiger partial charge in [0.25, 0.3) is 0 Å². The molecule has 0 spiro atoms. The second-order valence-electron chi connectivity index (χ2n) is 3.27. The van der Waals surface area contributed by atoms with E-state index >= 15 is 0 Å². The summed E-state index contributed by atoms with van der Waals surface area (Å²) in [4.78, 5) is 3.82. The largest absolute Gasteiger partial charge is 0.399 e. The van der Waals surface area contributed by atoms with Crippen LogP contribution < -0.4 is 5.73 Å². The maximum absolute atomic E-state index is 13.6. The Morgan fingerprint density at radius 3 is 2.81 bits per heavy atom. The van der Waals surface area contributed by atoms with E-state index < -0.39 is 5.82 Å². The van der Waals surface area contributed by atoms with Crippen molar-refractivity contribution >= 4 is 5.69 Å². The molecule has 2 rings (SSSR count). The van der Waals surface area contributed by atoms with Crippen molar-refractivity contribution in [1.82, 2.24) is 4.98 Å². The highest BCUT2D eigenvalue weighted by Crippen LogP contribution is 2.27. The van der Waals surface area contributed by atoms with Crippen molar-refractivity contribution in [3.63, 3.8) is 0 Å². The minimum absolute atomic E-state index is 0.318. The van der Waals surface area contributed by atoms with E-state index in [1.807, 2.05) is 6.07 Å². The maximum atomic E-state index is 13.6. The topological polar surface area (TPSA) is 62.7 Å². The summed E-state index contributed by atoms with van der Waals surface area (Å²) in [5.41, 5.74) is 7.19. The number of benzene rings is 1. The van der Waals surface area contributed by atoms with Crippen LogP contribution in [0.5, 0.6) is 0 Å². The third kappa shape index (κ3) is 1.71. The number of aromatic nitrogens is 1. The van der Waals surface area contributed by atoms with E-state index in [9.17, 15) is 4.39 Å². The van der Waals surface area contributed by atoms with Gasteiger partial charge in [-0.05, 0) is 24.3 Å². The van der Waals surface area contributed by atoms with E-state index in [-0.39, 0.29) is 0 Å². The van der Waals surface area contributed by atoms with E-state index in [1.165, 1.54) is 30.6 Å². The first-order valence-electron chi connectivity index (χ1n) is 4.62. The summed E-state index contributed by atoms with van der Waals surface area (Å²) >= 11 is 0. The standard InChI is InChI=1S/C12H8FN3/c13-12-2-1-9(15)5-11(12)10-3-4-16-7-8(10)6-14/h1-5,7H,15H2. The number of nitrogens with two attached hydrogens (primary N) is 1. The number of nitrogen functional groups attached to an aromatic ring is 1. The molecule has 0 aliphatic carbocycles. The first-order valence-corrected chi connectivity index (χ1v) is 4.62. The fourth-order valence-corrected chi connectivity index (χ4v) is 1.47. The molecule has 0 radical (unpaired) electrons. The Kier molecular flexibility index (Phi) is 2.52. The lowest BCUT2D eigenvalue weighted by molar-refractivity contribution is 0.631. The van der Waals surface area contributed by atoms with E-state index in [0.717, 1.165) is 0 Å². The summed E-state index contributed by atoms with van der Waals surface area (Å²) in [5.74, 6) is -0.406. The molecule has 2 aromatic rings. The molecule has 0 aliphatic rings. The van der Waals surface area contributed by atoms with Crippen LogP contribution in [0.2, 0.25) is 0 Å². The van der Waals surface area contributed by atoms with Crippen molar-refractivity contribution in [1.29, 1.82) is 5.26 Å². The van der Waals surface area contributed by atoms with Crippen LogP contribution in [-0.4, -0.2) is 4.98 Å². The molecule has 0 bridgehead atoms. The molecule has 0 atom stereocenters. The first kappa shape index (κ1) is 10.1. The molecule has 0 fully saturated rings. The Morgan fingerprint density at radius 2 is 2.06 bits per heavy atom. The van der Waals surface area contributed by atoms with Crippen molar-refractivity contribution in [2.24, 2.45) is 0 Å². The lowest BCUT2D eigenvalue weighted by Crippen LogP contribution is -1.92. The van der Waals surface area contributed by atoms with E-state index in [4.69, 9.17) is 11.0 Å². The SMILES string of the molecule is N#Cc1cnccc1-c1cc(N)ccc1F. The molecule has 1 heterocycles. The lowest BCUT2D eigenvalue weighted by atomic mass is 10.0. The zero-order valence-corrected chi connectivity index (χ0v) is 8.31. The summed E-state index contributed by atoms with van der Waals surface area (Å²) in [6.45, 7) is 0. The Labute approximate surface area is 92.0 Å². The molecule has 0 aliphatic heterocycles. The number of nitriles is 1. The van der Waals surface area contributed by atoms with E-state index in [1.54, 1.807) is 6.07 Å². The highest BCUT2D eigenvalue weighted by Gasteiger charge is 2.09. The zero-order chi connectivity index (χ0) is 11.5. The summed E-state index contributed by atoms with van der Waals surface area (Å²) in [5, 5.41) is 8.90. The van der Waals surface area contributed by atoms with Crippen LogP contribution in [0.1, 0.15) is 5.56 Å². The van der Waals surface area contributed by atoms with Crippen LogP contribution in [0.15, 0.2) is 36.7 Å². The minimum Gasteiger partial charge on any atom is -0.399 e. The molecule has 1 aromatic heterocycles. The van der Waals surface area contributed by atoms with Crippen molar-refractivity contribution in [3.8, 4) is 17.2 Å². The summed E-state index contributed by atoms with van der Waals surface area (Å²) in [7, 11) is 0. The molecule has 16 heavy (non-hydrogen) atoms. The van der Waals surface area contributed by atoms with Gasteiger partial charge in [0, 0.05) is 29.2 Å². The molecular weight excluding hydrogens is 205 g/mol. The number of rotatable bonds is 1. The van der Waals surface area contributed by atoms with E-state index in [0.29, 0.717) is 22.4 Å². The average molecular weight is 213 g/mol. The van der Waals surface area contributed by atoms with Crippen molar-refractivity contribution in [2.45, 2.75) is 0 Å². The van der Waals surface area contributed by atoms with Gasteiger partial charge in [-0.3, -0.25) is 4.98 Å². The van der Waals surface area contributed by atoms with Gasteiger partial charge in [-0.2, -0.15) is 5.26 Å². The van der Waals surface area contributed by atoms with Gasteiger partial charge in [0.15, 0.2) is 0 Å². The lowest BCUT2D eigenvalue weighted by Gasteiger charge is -2.05. The fourth-order valence-electron chi connectivity index (χ4n) is 1.47. The van der Waals surface area contributed by atoms with Crippen LogP contribution in [0.3, 0.4) is 0 Å². The predicted octanol–water partition coefficient (Wildman–Crippen LogP) is 2.34. The van der Waals surface area contributed by atoms with Gasteiger partial charge < -0.3 is 5.73 Å². The molecule has 3 nitrogen and oxygen atoms in total. The van der Waals surface area contributed by atoms with Crippen LogP contribution >= 0.6 is 0 Å². The first-order chi connectivity index (χ1) is 7.72. The number of hydrogen-bond acceptors (Lipinski definition) is 3. The average Bonchev–Trinajstić information content (AvgIpc) is 2.32. The Bertz CT molecular complexity index is 573. The zero-order valence-electron chi connectivity index (χ0n) is 8.31. The van der Waals surface area contributed by atoms with Gasteiger partial charge >= 0.3 is 0 Å². The molecule has 78 valence electrons. The molecular formula is C12H8FN3. The summed E-state index contributed by atoms with van der Waals surface area (Å²) < 4.78 is 13.6. The van der Waals surface area contributed by atoms with Crippen LogP contribution in [-0.2, 0) is 0 Å². The van der Waals surface area contributed by atoms with Gasteiger partial charge in [0.05, 0.1) is 5.56 Å². The summed E-state index contributed by atoms with van der Waals surface area (Å²) in [6, 6.07) is 7.83. The Morgan fingerprint density at radius 1 is 1.25 bits per heavy atom. The third-order valence-electron chi connectivity index (χ3n) is 2.22. The highest BCUT2D eigenvalue weighted by molar-refractivity contribution is 5.72. The van der Waals surface area contributed by atoms with Crippen LogP contribution in [0, 0.1) is 17.1 Å². The smallest absolute Gasteiger partial charge is 0.131 e. The second kappa shape index (κ2) is 3.99. The fraction of sp³-hybridized carbons (Fsp3) is 0. The Hall–Kier alpha value is -2.41. The second-order valence-corrected chi connectivity index (χ2v) is 3.27. The molecule has 0 saturated heterocycles. The van der Waals surface area contributed by atoms with Gasteiger partial charge in [-0.1, -0.05) is 0 Å². The molecule has 0 amide bonds. The molecule has 0 unspecified atom stereocenters.